The van der Waals surface area contributed by atoms with Gasteiger partial charge in [-0.3, -0.25) is 19.3 Å². The number of nitrogens with zero attached hydrogens (tertiary/aromatic N) is 1. The number of halogens is 2. The van der Waals surface area contributed by atoms with Crippen LogP contribution in [0.25, 0.3) is 0 Å². The Bertz CT molecular complexity index is 715. The second-order valence-electron chi connectivity index (χ2n) is 5.48. The predicted molar refractivity (Wildman–Crippen MR) is 118 cm³/mol. The number of esters is 1. The summed E-state index contributed by atoms with van der Waals surface area (Å²) >= 11 is 8.55. The van der Waals surface area contributed by atoms with Gasteiger partial charge in [-0.25, -0.2) is 4.39 Å². The molecule has 1 atom stereocenters. The van der Waals surface area contributed by atoms with Crippen LogP contribution in [0.15, 0.2) is 39.4 Å². The van der Waals surface area contributed by atoms with Crippen LogP contribution >= 0.6 is 40.5 Å². The summed E-state index contributed by atoms with van der Waals surface area (Å²) in [7, 11) is 0. The molecule has 0 aromatic heterocycles. The number of allylic oxidation sites excluding steroid dienone is 1. The standard InChI is InChI=1S/C18H23BrFN3O3S2/c1-3-26-16(24)10-21-11-22-15(17(19)18(25)28-2)9-8-14(23-27)12-4-6-13(20)7-5-12/h4-7,11,14,23,27H,3,8-10H2,1-2H3,(H,21,22)/b17-15+. The minimum atomic E-state index is -0.430. The summed E-state index contributed by atoms with van der Waals surface area (Å²) in [5.41, 5.74) is 1.49. The van der Waals surface area contributed by atoms with Gasteiger partial charge in [0.15, 0.2) is 0 Å². The molecule has 0 spiro atoms. The molecule has 0 aliphatic heterocycles. The van der Waals surface area contributed by atoms with Crippen molar-refractivity contribution in [2.45, 2.75) is 25.8 Å². The fourth-order valence-corrected chi connectivity index (χ4v) is 3.58. The van der Waals surface area contributed by atoms with Gasteiger partial charge in [-0.2, -0.15) is 0 Å². The summed E-state index contributed by atoms with van der Waals surface area (Å²) < 4.78 is 21.2. The Morgan fingerprint density at radius 3 is 2.64 bits per heavy atom. The maximum absolute atomic E-state index is 13.1. The normalized spacial score (nSPS) is 13.2. The van der Waals surface area contributed by atoms with Gasteiger partial charge in [0, 0.05) is 11.7 Å². The molecule has 28 heavy (non-hydrogen) atoms. The summed E-state index contributed by atoms with van der Waals surface area (Å²) in [5, 5.41) is 2.82. The molecular weight excluding hydrogens is 469 g/mol. The lowest BCUT2D eigenvalue weighted by Gasteiger charge is -2.17. The van der Waals surface area contributed by atoms with Gasteiger partial charge in [0.1, 0.15) is 12.4 Å². The van der Waals surface area contributed by atoms with E-state index in [1.165, 1.54) is 18.5 Å². The van der Waals surface area contributed by atoms with E-state index in [0.717, 1.165) is 17.3 Å². The maximum Gasteiger partial charge on any atom is 0.327 e. The van der Waals surface area contributed by atoms with Crippen LogP contribution in [0.4, 0.5) is 4.39 Å². The zero-order valence-corrected chi connectivity index (χ0v) is 18.9. The van der Waals surface area contributed by atoms with E-state index in [4.69, 9.17) is 4.74 Å². The first-order chi connectivity index (χ1) is 13.4. The lowest BCUT2D eigenvalue weighted by Crippen LogP contribution is -2.18. The highest BCUT2D eigenvalue weighted by atomic mass is 79.9. The van der Waals surface area contributed by atoms with Crippen LogP contribution in [-0.4, -0.2) is 36.8 Å². The van der Waals surface area contributed by atoms with Crippen molar-refractivity contribution >= 4 is 57.9 Å². The van der Waals surface area contributed by atoms with Crippen molar-refractivity contribution in [1.29, 1.82) is 0 Å². The highest BCUT2D eigenvalue weighted by molar-refractivity contribution is 9.12. The molecule has 10 heteroatoms. The Morgan fingerprint density at radius 1 is 1.39 bits per heavy atom. The average molecular weight is 492 g/mol. The number of carbonyl (C=O) groups is 2. The van der Waals surface area contributed by atoms with Crippen molar-refractivity contribution < 1.29 is 18.7 Å². The van der Waals surface area contributed by atoms with E-state index in [0.29, 0.717) is 29.6 Å². The van der Waals surface area contributed by atoms with E-state index in [9.17, 15) is 14.0 Å². The number of aliphatic imine (C=N–C) groups is 1. The second-order valence-corrected chi connectivity index (χ2v) is 7.31. The number of hydrogen-bond acceptors (Lipinski definition) is 7. The molecule has 0 radical (unpaired) electrons. The molecule has 0 fully saturated rings. The molecule has 154 valence electrons. The van der Waals surface area contributed by atoms with Crippen LogP contribution in [0.2, 0.25) is 0 Å². The van der Waals surface area contributed by atoms with E-state index >= 15 is 0 Å². The highest BCUT2D eigenvalue weighted by Gasteiger charge is 2.15. The number of ether oxygens (including phenoxy) is 1. The first-order valence-electron chi connectivity index (χ1n) is 8.45. The van der Waals surface area contributed by atoms with Crippen LogP contribution in [0, 0.1) is 5.82 Å². The lowest BCUT2D eigenvalue weighted by molar-refractivity contribution is -0.141. The number of rotatable bonds is 11. The lowest BCUT2D eigenvalue weighted by atomic mass is 10.0. The Labute approximate surface area is 182 Å². The molecule has 0 heterocycles. The molecule has 1 aromatic rings. The first-order valence-corrected chi connectivity index (χ1v) is 10.9. The minimum Gasteiger partial charge on any atom is -0.465 e. The van der Waals surface area contributed by atoms with Crippen LogP contribution in [0.3, 0.4) is 0 Å². The Morgan fingerprint density at radius 2 is 2.07 bits per heavy atom. The molecule has 0 aliphatic carbocycles. The number of thioether (sulfide) groups is 1. The number of carbonyl (C=O) groups excluding carboxylic acids is 2. The highest BCUT2D eigenvalue weighted by Crippen LogP contribution is 2.25. The number of hydrogen-bond donors (Lipinski definition) is 3. The summed E-state index contributed by atoms with van der Waals surface area (Å²) in [6.07, 6.45) is 4.11. The smallest absolute Gasteiger partial charge is 0.327 e. The second kappa shape index (κ2) is 13.8. The van der Waals surface area contributed by atoms with Gasteiger partial charge in [-0.15, -0.1) is 0 Å². The molecule has 0 saturated carbocycles. The van der Waals surface area contributed by atoms with E-state index in [1.807, 2.05) is 0 Å². The Balaban J connectivity index is 2.82. The molecule has 0 amide bonds. The molecule has 2 N–H and O–H groups in total. The maximum atomic E-state index is 13.1. The van der Waals surface area contributed by atoms with Crippen molar-refractivity contribution in [3.63, 3.8) is 0 Å². The topological polar surface area (TPSA) is 79.8 Å². The van der Waals surface area contributed by atoms with Crippen molar-refractivity contribution in [3.05, 3.63) is 45.8 Å². The SMILES string of the molecule is CCOC(=O)CN=CN/C(CCC(NS)c1ccc(F)cc1)=C(/Br)C(=O)SC. The van der Waals surface area contributed by atoms with Gasteiger partial charge in [-0.1, -0.05) is 36.7 Å². The number of thiol groups is 1. The van der Waals surface area contributed by atoms with Crippen molar-refractivity contribution in [1.82, 2.24) is 10.0 Å². The molecule has 0 bridgehead atoms. The van der Waals surface area contributed by atoms with Gasteiger partial charge >= 0.3 is 5.97 Å². The third kappa shape index (κ3) is 8.76. The third-order valence-corrected chi connectivity index (χ3v) is 5.58. The third-order valence-electron chi connectivity index (χ3n) is 3.60. The van der Waals surface area contributed by atoms with Crippen molar-refractivity contribution in [2.75, 3.05) is 19.4 Å². The van der Waals surface area contributed by atoms with Crippen LogP contribution in [0.1, 0.15) is 31.4 Å². The van der Waals surface area contributed by atoms with Gasteiger partial charge in [0.25, 0.3) is 0 Å². The zero-order chi connectivity index (χ0) is 20.9. The Kier molecular flexibility index (Phi) is 12.1. The van der Waals surface area contributed by atoms with Gasteiger partial charge in [0.2, 0.25) is 5.12 Å². The minimum absolute atomic E-state index is 0.112. The fourth-order valence-electron chi connectivity index (χ4n) is 2.20. The van der Waals surface area contributed by atoms with Gasteiger partial charge < -0.3 is 10.1 Å². The molecule has 0 saturated heterocycles. The largest absolute Gasteiger partial charge is 0.465 e. The van der Waals surface area contributed by atoms with Crippen molar-refractivity contribution in [3.8, 4) is 0 Å². The van der Waals surface area contributed by atoms with Crippen molar-refractivity contribution in [2.24, 2.45) is 4.99 Å². The zero-order valence-electron chi connectivity index (χ0n) is 15.6. The van der Waals surface area contributed by atoms with Crippen LogP contribution in [0.5, 0.6) is 0 Å². The van der Waals surface area contributed by atoms with Gasteiger partial charge in [-0.05, 0) is 59.6 Å². The monoisotopic (exact) mass is 491 g/mol. The van der Waals surface area contributed by atoms with E-state index in [-0.39, 0.29) is 23.5 Å². The van der Waals surface area contributed by atoms with Crippen LogP contribution < -0.4 is 10.0 Å². The summed E-state index contributed by atoms with van der Waals surface area (Å²) in [5.74, 6) is -0.740. The van der Waals surface area contributed by atoms with E-state index in [2.05, 4.69) is 43.8 Å². The molecule has 6 nitrogen and oxygen atoms in total. The molecule has 1 aromatic carbocycles. The Hall–Kier alpha value is -1.36. The van der Waals surface area contributed by atoms with E-state index in [1.54, 1.807) is 25.3 Å². The summed E-state index contributed by atoms with van der Waals surface area (Å²) in [4.78, 5) is 27.3. The molecule has 0 aliphatic rings. The summed E-state index contributed by atoms with van der Waals surface area (Å²) in [6, 6.07) is 5.99. The molecular formula is C18H23BrFN3O3S2. The van der Waals surface area contributed by atoms with Crippen LogP contribution in [-0.2, 0) is 14.3 Å². The number of nitrogens with one attached hydrogen (secondary N) is 2. The summed E-state index contributed by atoms with van der Waals surface area (Å²) in [6.45, 7) is 1.90. The number of benzene rings is 1. The fraction of sp³-hybridized carbons (Fsp3) is 0.389. The molecule has 1 unspecified atom stereocenters. The van der Waals surface area contributed by atoms with Gasteiger partial charge in [0.05, 0.1) is 17.4 Å². The predicted octanol–water partition coefficient (Wildman–Crippen LogP) is 3.76. The van der Waals surface area contributed by atoms with E-state index < -0.39 is 5.97 Å². The molecule has 1 rings (SSSR count). The average Bonchev–Trinajstić information content (AvgIpc) is 2.70. The quantitative estimate of drug-likeness (QED) is 0.144. The first kappa shape index (κ1) is 24.7.